The second kappa shape index (κ2) is 8.97. The van der Waals surface area contributed by atoms with Crippen LogP contribution >= 0.6 is 12.2 Å². The minimum atomic E-state index is 0.627. The Kier molecular flexibility index (Phi) is 6.68. The van der Waals surface area contributed by atoms with Crippen LogP contribution in [0, 0.1) is 11.8 Å². The highest BCUT2D eigenvalue weighted by Crippen LogP contribution is 2.36. The molecule has 0 aromatic heterocycles. The zero-order valence-corrected chi connectivity index (χ0v) is 16.4. The largest absolute Gasteiger partial charge is 0.361 e. The second-order valence-corrected chi connectivity index (χ2v) is 7.79. The Morgan fingerprint density at radius 2 is 2.00 bits per heavy atom. The van der Waals surface area contributed by atoms with E-state index in [1.165, 1.54) is 45.6 Å². The number of rotatable bonds is 7. The standard InChI is InChI=1S/C20H32N4S/c1-3-23(4-2)14-17-15-24-11-10-16(17)12-19(24)13-21-20(25)22-18-8-6-5-7-9-18/h5-9,16-17,19H,3-4,10-15H2,1-2H3,(H2,21,22,25). The average molecular weight is 361 g/mol. The summed E-state index contributed by atoms with van der Waals surface area (Å²) in [5, 5.41) is 7.43. The lowest BCUT2D eigenvalue weighted by atomic mass is 9.75. The van der Waals surface area contributed by atoms with Gasteiger partial charge in [-0.1, -0.05) is 32.0 Å². The summed E-state index contributed by atoms with van der Waals surface area (Å²) in [6, 6.07) is 10.8. The van der Waals surface area contributed by atoms with E-state index in [1.54, 1.807) is 0 Å². The van der Waals surface area contributed by atoms with Gasteiger partial charge in [0.05, 0.1) is 0 Å². The van der Waals surface area contributed by atoms with Gasteiger partial charge in [-0.3, -0.25) is 4.90 Å². The number of thiocarbonyl (C=S) groups is 1. The van der Waals surface area contributed by atoms with Crippen LogP contribution in [-0.2, 0) is 0 Å². The molecule has 3 heterocycles. The fourth-order valence-electron chi connectivity index (χ4n) is 4.39. The zero-order chi connectivity index (χ0) is 17.6. The van der Waals surface area contributed by atoms with Crippen LogP contribution in [0.15, 0.2) is 30.3 Å². The van der Waals surface area contributed by atoms with Gasteiger partial charge >= 0.3 is 0 Å². The van der Waals surface area contributed by atoms with E-state index in [-0.39, 0.29) is 0 Å². The van der Waals surface area contributed by atoms with E-state index in [2.05, 4.69) is 34.3 Å². The lowest BCUT2D eigenvalue weighted by Gasteiger charge is -2.51. The molecule has 4 rings (SSSR count). The van der Waals surface area contributed by atoms with E-state index in [1.807, 2.05) is 30.3 Å². The number of nitrogens with one attached hydrogen (secondary N) is 2. The smallest absolute Gasteiger partial charge is 0.170 e. The highest BCUT2D eigenvalue weighted by molar-refractivity contribution is 7.80. The van der Waals surface area contributed by atoms with E-state index in [9.17, 15) is 0 Å². The quantitative estimate of drug-likeness (QED) is 0.730. The fraction of sp³-hybridized carbons (Fsp3) is 0.650. The average Bonchev–Trinajstić information content (AvgIpc) is 2.66. The van der Waals surface area contributed by atoms with Gasteiger partial charge < -0.3 is 15.5 Å². The maximum atomic E-state index is 5.45. The Labute approximate surface area is 158 Å². The van der Waals surface area contributed by atoms with Gasteiger partial charge in [-0.2, -0.15) is 0 Å². The predicted octanol–water partition coefficient (Wildman–Crippen LogP) is 3.03. The summed E-state index contributed by atoms with van der Waals surface area (Å²) in [4.78, 5) is 5.27. The number of para-hydroxylation sites is 1. The van der Waals surface area contributed by atoms with Crippen LogP contribution in [0.1, 0.15) is 26.7 Å². The molecule has 3 aliphatic heterocycles. The van der Waals surface area contributed by atoms with Crippen molar-refractivity contribution in [3.8, 4) is 0 Å². The van der Waals surface area contributed by atoms with E-state index in [0.29, 0.717) is 6.04 Å². The Hall–Kier alpha value is -1.17. The highest BCUT2D eigenvalue weighted by Gasteiger charge is 2.40. The molecule has 0 spiro atoms. The number of nitrogens with zero attached hydrogens (tertiary/aromatic N) is 2. The van der Waals surface area contributed by atoms with Gasteiger partial charge in [-0.05, 0) is 68.7 Å². The van der Waals surface area contributed by atoms with Crippen molar-refractivity contribution in [1.82, 2.24) is 15.1 Å². The molecule has 2 bridgehead atoms. The van der Waals surface area contributed by atoms with Gasteiger partial charge in [0.1, 0.15) is 0 Å². The number of piperidine rings is 3. The van der Waals surface area contributed by atoms with Gasteiger partial charge in [0, 0.05) is 31.4 Å². The summed E-state index contributed by atoms with van der Waals surface area (Å²) in [6.45, 7) is 11.6. The van der Waals surface area contributed by atoms with Crippen LogP contribution in [0.2, 0.25) is 0 Å². The number of fused-ring (bicyclic) bond motifs is 3. The Morgan fingerprint density at radius 1 is 1.24 bits per heavy atom. The first-order valence-corrected chi connectivity index (χ1v) is 10.2. The summed E-state index contributed by atoms with van der Waals surface area (Å²) in [5.74, 6) is 1.73. The van der Waals surface area contributed by atoms with Crippen LogP contribution < -0.4 is 10.6 Å². The van der Waals surface area contributed by atoms with Gasteiger partial charge in [0.2, 0.25) is 0 Å². The first kappa shape index (κ1) is 18.6. The van der Waals surface area contributed by atoms with Gasteiger partial charge in [0.25, 0.3) is 0 Å². The molecule has 1 aromatic rings. The van der Waals surface area contributed by atoms with Crippen LogP contribution in [0.5, 0.6) is 0 Å². The molecule has 0 amide bonds. The van der Waals surface area contributed by atoms with Crippen LogP contribution in [0.25, 0.3) is 0 Å². The molecule has 4 nitrogen and oxygen atoms in total. The molecule has 25 heavy (non-hydrogen) atoms. The van der Waals surface area contributed by atoms with E-state index in [4.69, 9.17) is 12.2 Å². The molecule has 3 saturated heterocycles. The Balaban J connectivity index is 1.45. The summed E-state index contributed by atoms with van der Waals surface area (Å²) in [5.41, 5.74) is 1.05. The van der Waals surface area contributed by atoms with E-state index < -0.39 is 0 Å². The molecular weight excluding hydrogens is 328 g/mol. The Morgan fingerprint density at radius 3 is 2.64 bits per heavy atom. The van der Waals surface area contributed by atoms with E-state index >= 15 is 0 Å². The van der Waals surface area contributed by atoms with Gasteiger partial charge in [-0.15, -0.1) is 0 Å². The molecular formula is C20H32N4S. The third kappa shape index (κ3) is 4.93. The van der Waals surface area contributed by atoms with Crippen molar-refractivity contribution in [3.63, 3.8) is 0 Å². The Bertz CT molecular complexity index is 546. The van der Waals surface area contributed by atoms with Crippen molar-refractivity contribution in [3.05, 3.63) is 30.3 Å². The maximum Gasteiger partial charge on any atom is 0.170 e. The number of hydrogen-bond donors (Lipinski definition) is 2. The summed E-state index contributed by atoms with van der Waals surface area (Å²) in [6.07, 6.45) is 2.68. The van der Waals surface area contributed by atoms with Crippen molar-refractivity contribution < 1.29 is 0 Å². The third-order valence-electron chi connectivity index (χ3n) is 5.93. The molecule has 2 N–H and O–H groups in total. The SMILES string of the molecule is CCN(CC)CC1CN2CCC1CC2CNC(=S)Nc1ccccc1. The molecule has 3 fully saturated rings. The molecule has 1 aromatic carbocycles. The van der Waals surface area contributed by atoms with Crippen LogP contribution in [0.3, 0.4) is 0 Å². The minimum Gasteiger partial charge on any atom is -0.361 e. The van der Waals surface area contributed by atoms with Gasteiger partial charge in [0.15, 0.2) is 5.11 Å². The molecule has 0 saturated carbocycles. The zero-order valence-electron chi connectivity index (χ0n) is 15.6. The van der Waals surface area contributed by atoms with Crippen molar-refractivity contribution in [2.45, 2.75) is 32.7 Å². The van der Waals surface area contributed by atoms with Crippen LogP contribution in [0.4, 0.5) is 5.69 Å². The second-order valence-electron chi connectivity index (χ2n) is 7.38. The monoisotopic (exact) mass is 360 g/mol. The van der Waals surface area contributed by atoms with Crippen molar-refractivity contribution in [2.24, 2.45) is 11.8 Å². The first-order valence-electron chi connectivity index (χ1n) is 9.75. The molecule has 0 aliphatic carbocycles. The molecule has 4 atom stereocenters. The summed E-state index contributed by atoms with van der Waals surface area (Å²) in [7, 11) is 0. The van der Waals surface area contributed by atoms with E-state index in [0.717, 1.165) is 29.2 Å². The molecule has 4 unspecified atom stereocenters. The van der Waals surface area contributed by atoms with Crippen LogP contribution in [-0.4, -0.2) is 60.2 Å². The normalized spacial score (nSPS) is 28.1. The first-order chi connectivity index (χ1) is 12.2. The molecule has 138 valence electrons. The predicted molar refractivity (Wildman–Crippen MR) is 110 cm³/mol. The van der Waals surface area contributed by atoms with Crippen molar-refractivity contribution in [2.75, 3.05) is 44.6 Å². The number of anilines is 1. The van der Waals surface area contributed by atoms with Crippen molar-refractivity contribution >= 4 is 23.0 Å². The maximum absolute atomic E-state index is 5.45. The van der Waals surface area contributed by atoms with Gasteiger partial charge in [-0.25, -0.2) is 0 Å². The fourth-order valence-corrected chi connectivity index (χ4v) is 4.59. The lowest BCUT2D eigenvalue weighted by Crippen LogP contribution is -2.58. The number of benzene rings is 1. The topological polar surface area (TPSA) is 30.5 Å². The summed E-state index contributed by atoms with van der Waals surface area (Å²) < 4.78 is 0. The molecule has 5 heteroatoms. The summed E-state index contributed by atoms with van der Waals surface area (Å²) >= 11 is 5.45. The molecule has 3 aliphatic rings. The highest BCUT2D eigenvalue weighted by atomic mass is 32.1. The third-order valence-corrected chi connectivity index (χ3v) is 6.18. The number of hydrogen-bond acceptors (Lipinski definition) is 3. The minimum absolute atomic E-state index is 0.627. The lowest BCUT2D eigenvalue weighted by molar-refractivity contribution is -0.00933. The molecule has 0 radical (unpaired) electrons. The van der Waals surface area contributed by atoms with Crippen molar-refractivity contribution in [1.29, 1.82) is 0 Å².